The number of carbonyl (C=O) groups excluding carboxylic acids is 1. The van der Waals surface area contributed by atoms with E-state index >= 15 is 0 Å². The molecule has 0 atom stereocenters. The molecular weight excluding hydrogens is 240 g/mol. The molecule has 0 aliphatic carbocycles. The Labute approximate surface area is 111 Å². The fourth-order valence-electron chi connectivity index (χ4n) is 2.44. The minimum absolute atomic E-state index is 0.0507. The Morgan fingerprint density at radius 1 is 1.42 bits per heavy atom. The van der Waals surface area contributed by atoms with Gasteiger partial charge >= 0.3 is 0 Å². The Hall–Kier alpha value is -2.14. The van der Waals surface area contributed by atoms with Gasteiger partial charge in [-0.25, -0.2) is 4.98 Å². The maximum Gasteiger partial charge on any atom is 0.228 e. The summed E-state index contributed by atoms with van der Waals surface area (Å²) in [4.78, 5) is 19.2. The van der Waals surface area contributed by atoms with Crippen LogP contribution in [0.1, 0.15) is 17.1 Å². The largest absolute Gasteiger partial charge is 0.346 e. The predicted molar refractivity (Wildman–Crippen MR) is 73.9 cm³/mol. The van der Waals surface area contributed by atoms with Crippen molar-refractivity contribution in [3.63, 3.8) is 0 Å². The summed E-state index contributed by atoms with van der Waals surface area (Å²) in [5.74, 6) is 0.958. The van der Waals surface area contributed by atoms with E-state index in [-0.39, 0.29) is 5.91 Å². The molecule has 0 fully saturated rings. The SMILES string of the molecule is Cc1[nH]c(CCN)nc1-c1ccc2c(c1)CC(=O)N2. The number of carbonyl (C=O) groups is 1. The van der Waals surface area contributed by atoms with Crippen LogP contribution in [0.15, 0.2) is 18.2 Å². The smallest absolute Gasteiger partial charge is 0.228 e. The maximum atomic E-state index is 11.4. The van der Waals surface area contributed by atoms with Crippen LogP contribution in [-0.2, 0) is 17.6 Å². The summed E-state index contributed by atoms with van der Waals surface area (Å²) in [6, 6.07) is 5.95. The molecule has 1 aliphatic rings. The number of imidazole rings is 1. The summed E-state index contributed by atoms with van der Waals surface area (Å²) in [6.07, 6.45) is 1.19. The van der Waals surface area contributed by atoms with Crippen molar-refractivity contribution in [2.24, 2.45) is 5.73 Å². The number of fused-ring (bicyclic) bond motifs is 1. The van der Waals surface area contributed by atoms with Crippen LogP contribution in [0.2, 0.25) is 0 Å². The van der Waals surface area contributed by atoms with E-state index in [0.717, 1.165) is 40.4 Å². The summed E-state index contributed by atoms with van der Waals surface area (Å²) >= 11 is 0. The highest BCUT2D eigenvalue weighted by molar-refractivity contribution is 5.99. The van der Waals surface area contributed by atoms with Crippen molar-refractivity contribution in [1.29, 1.82) is 0 Å². The second-order valence-electron chi connectivity index (χ2n) is 4.79. The number of benzene rings is 1. The number of aromatic amines is 1. The summed E-state index contributed by atoms with van der Waals surface area (Å²) < 4.78 is 0. The lowest BCUT2D eigenvalue weighted by Gasteiger charge is -2.02. The average Bonchev–Trinajstić information content (AvgIpc) is 2.90. The Morgan fingerprint density at radius 2 is 2.26 bits per heavy atom. The van der Waals surface area contributed by atoms with Crippen molar-refractivity contribution in [1.82, 2.24) is 9.97 Å². The van der Waals surface area contributed by atoms with Crippen LogP contribution in [0.5, 0.6) is 0 Å². The molecule has 0 spiro atoms. The van der Waals surface area contributed by atoms with E-state index in [4.69, 9.17) is 5.73 Å². The number of amides is 1. The lowest BCUT2D eigenvalue weighted by molar-refractivity contribution is -0.115. The Bertz CT molecular complexity index is 645. The molecule has 3 rings (SSSR count). The van der Waals surface area contributed by atoms with Gasteiger partial charge in [-0.1, -0.05) is 6.07 Å². The van der Waals surface area contributed by atoms with Crippen LogP contribution in [-0.4, -0.2) is 22.4 Å². The minimum Gasteiger partial charge on any atom is -0.346 e. The van der Waals surface area contributed by atoms with Crippen LogP contribution < -0.4 is 11.1 Å². The zero-order chi connectivity index (χ0) is 13.4. The van der Waals surface area contributed by atoms with E-state index in [2.05, 4.69) is 15.3 Å². The van der Waals surface area contributed by atoms with Crippen LogP contribution >= 0.6 is 0 Å². The number of nitrogens with two attached hydrogens (primary N) is 1. The van der Waals surface area contributed by atoms with Crippen LogP contribution in [0.25, 0.3) is 11.3 Å². The second-order valence-corrected chi connectivity index (χ2v) is 4.79. The van der Waals surface area contributed by atoms with Crippen molar-refractivity contribution in [3.8, 4) is 11.3 Å². The number of hydrogen-bond donors (Lipinski definition) is 3. The fraction of sp³-hybridized carbons (Fsp3) is 0.286. The molecule has 0 saturated heterocycles. The van der Waals surface area contributed by atoms with E-state index in [0.29, 0.717) is 13.0 Å². The number of anilines is 1. The average molecular weight is 256 g/mol. The molecule has 1 aromatic heterocycles. The number of aromatic nitrogens is 2. The molecule has 1 aliphatic heterocycles. The highest BCUT2D eigenvalue weighted by Gasteiger charge is 2.19. The lowest BCUT2D eigenvalue weighted by Crippen LogP contribution is -2.03. The van der Waals surface area contributed by atoms with E-state index in [1.54, 1.807) is 0 Å². The highest BCUT2D eigenvalue weighted by Crippen LogP contribution is 2.29. The van der Waals surface area contributed by atoms with Crippen molar-refractivity contribution < 1.29 is 4.79 Å². The van der Waals surface area contributed by atoms with Gasteiger partial charge in [-0.2, -0.15) is 0 Å². The Morgan fingerprint density at radius 3 is 3.05 bits per heavy atom. The number of H-pyrrole nitrogens is 1. The molecule has 5 nitrogen and oxygen atoms in total. The van der Waals surface area contributed by atoms with E-state index in [1.807, 2.05) is 25.1 Å². The molecule has 5 heteroatoms. The van der Waals surface area contributed by atoms with Crippen molar-refractivity contribution in [3.05, 3.63) is 35.3 Å². The first-order valence-corrected chi connectivity index (χ1v) is 6.36. The molecule has 0 saturated carbocycles. The zero-order valence-electron chi connectivity index (χ0n) is 10.8. The first kappa shape index (κ1) is 11.9. The van der Waals surface area contributed by atoms with Crippen LogP contribution in [0, 0.1) is 6.92 Å². The number of nitrogens with zero attached hydrogens (tertiary/aromatic N) is 1. The zero-order valence-corrected chi connectivity index (χ0v) is 10.8. The van der Waals surface area contributed by atoms with Gasteiger partial charge in [0.2, 0.25) is 5.91 Å². The molecular formula is C14H16N4O. The normalized spacial score (nSPS) is 13.5. The third-order valence-corrected chi connectivity index (χ3v) is 3.32. The molecule has 4 N–H and O–H groups in total. The van der Waals surface area contributed by atoms with Crippen LogP contribution in [0.4, 0.5) is 5.69 Å². The first-order valence-electron chi connectivity index (χ1n) is 6.36. The van der Waals surface area contributed by atoms with Crippen molar-refractivity contribution in [2.75, 3.05) is 11.9 Å². The standard InChI is InChI=1S/C14H16N4O/c1-8-14(18-12(16-8)4-5-15)9-2-3-11-10(6-9)7-13(19)17-11/h2-3,6H,4-5,7,15H2,1H3,(H,16,18)(H,17,19). The number of aryl methyl sites for hydroxylation is 1. The monoisotopic (exact) mass is 256 g/mol. The van der Waals surface area contributed by atoms with Gasteiger partial charge in [0.15, 0.2) is 0 Å². The highest BCUT2D eigenvalue weighted by atomic mass is 16.1. The Kier molecular flexibility index (Phi) is 2.83. The third-order valence-electron chi connectivity index (χ3n) is 3.32. The molecule has 0 unspecified atom stereocenters. The molecule has 0 radical (unpaired) electrons. The second kappa shape index (κ2) is 4.51. The topological polar surface area (TPSA) is 83.8 Å². The van der Waals surface area contributed by atoms with Gasteiger partial charge in [0.25, 0.3) is 0 Å². The molecule has 1 amide bonds. The number of rotatable bonds is 3. The van der Waals surface area contributed by atoms with Gasteiger partial charge in [-0.15, -0.1) is 0 Å². The first-order chi connectivity index (χ1) is 9.17. The van der Waals surface area contributed by atoms with E-state index in [1.165, 1.54) is 0 Å². The fourth-order valence-corrected chi connectivity index (χ4v) is 2.44. The van der Waals surface area contributed by atoms with Crippen LogP contribution in [0.3, 0.4) is 0 Å². The number of nitrogens with one attached hydrogen (secondary N) is 2. The molecule has 98 valence electrons. The molecule has 2 heterocycles. The lowest BCUT2D eigenvalue weighted by atomic mass is 10.1. The van der Waals surface area contributed by atoms with Gasteiger partial charge in [0.05, 0.1) is 12.1 Å². The summed E-state index contributed by atoms with van der Waals surface area (Å²) in [7, 11) is 0. The molecule has 1 aromatic carbocycles. The van der Waals surface area contributed by atoms with Gasteiger partial charge in [0.1, 0.15) is 5.82 Å². The van der Waals surface area contributed by atoms with Gasteiger partial charge in [0, 0.05) is 23.4 Å². The third kappa shape index (κ3) is 2.13. The van der Waals surface area contributed by atoms with Crippen molar-refractivity contribution >= 4 is 11.6 Å². The summed E-state index contributed by atoms with van der Waals surface area (Å²) in [5, 5.41) is 2.83. The van der Waals surface area contributed by atoms with Gasteiger partial charge in [-0.3, -0.25) is 4.79 Å². The van der Waals surface area contributed by atoms with Gasteiger partial charge in [-0.05, 0) is 31.2 Å². The quantitative estimate of drug-likeness (QED) is 0.775. The molecule has 19 heavy (non-hydrogen) atoms. The Balaban J connectivity index is 1.99. The maximum absolute atomic E-state index is 11.4. The number of hydrogen-bond acceptors (Lipinski definition) is 3. The molecule has 2 aromatic rings. The summed E-state index contributed by atoms with van der Waals surface area (Å²) in [5.41, 5.74) is 10.5. The summed E-state index contributed by atoms with van der Waals surface area (Å²) in [6.45, 7) is 2.58. The predicted octanol–water partition coefficient (Wildman–Crippen LogP) is 1.38. The van der Waals surface area contributed by atoms with Gasteiger partial charge < -0.3 is 16.0 Å². The minimum atomic E-state index is 0.0507. The molecule has 0 bridgehead atoms. The van der Waals surface area contributed by atoms with Crippen molar-refractivity contribution in [2.45, 2.75) is 19.8 Å². The van der Waals surface area contributed by atoms with E-state index < -0.39 is 0 Å². The van der Waals surface area contributed by atoms with E-state index in [9.17, 15) is 4.79 Å².